The summed E-state index contributed by atoms with van der Waals surface area (Å²) in [6.45, 7) is 2.04. The van der Waals surface area contributed by atoms with Crippen LogP contribution in [0.2, 0.25) is 0 Å². The molecular weight excluding hydrogens is 258 g/mol. The predicted octanol–water partition coefficient (Wildman–Crippen LogP) is 2.11. The molecule has 0 unspecified atom stereocenters. The largest absolute Gasteiger partial charge is 0.463 e. The lowest BCUT2D eigenvalue weighted by Crippen LogP contribution is -2.40. The first-order chi connectivity index (χ1) is 9.83. The Kier molecular flexibility index (Phi) is 3.64. The summed E-state index contributed by atoms with van der Waals surface area (Å²) in [4.78, 5) is 16.1. The number of aromatic nitrogens is 1. The maximum atomic E-state index is 11.9. The molecule has 1 aliphatic rings. The van der Waals surface area contributed by atoms with Crippen LogP contribution in [0, 0.1) is 5.92 Å². The Morgan fingerprint density at radius 1 is 1.35 bits per heavy atom. The molecule has 0 aromatic carbocycles. The first-order valence-corrected chi connectivity index (χ1v) is 6.44. The van der Waals surface area contributed by atoms with Crippen LogP contribution in [0.25, 0.3) is 11.5 Å². The summed E-state index contributed by atoms with van der Waals surface area (Å²) >= 11 is 0. The molecule has 20 heavy (non-hydrogen) atoms. The van der Waals surface area contributed by atoms with Crippen LogP contribution in [0.4, 0.5) is 10.5 Å². The molecule has 1 aliphatic heterocycles. The predicted molar refractivity (Wildman–Crippen MR) is 73.3 cm³/mol. The number of furan rings is 1. The summed E-state index contributed by atoms with van der Waals surface area (Å²) < 4.78 is 10.4. The van der Waals surface area contributed by atoms with Crippen molar-refractivity contribution in [2.24, 2.45) is 5.92 Å². The molecule has 1 saturated heterocycles. The lowest BCUT2D eigenvalue weighted by atomic mass is 10.1. The minimum Gasteiger partial charge on any atom is -0.463 e. The fourth-order valence-electron chi connectivity index (χ4n) is 1.92. The molecule has 0 aliphatic carbocycles. The van der Waals surface area contributed by atoms with Gasteiger partial charge in [-0.2, -0.15) is 0 Å². The number of urea groups is 1. The van der Waals surface area contributed by atoms with Gasteiger partial charge in [-0.25, -0.2) is 4.79 Å². The zero-order valence-electron chi connectivity index (χ0n) is 10.8. The molecule has 2 amide bonds. The van der Waals surface area contributed by atoms with Crippen molar-refractivity contribution in [2.75, 3.05) is 25.1 Å². The van der Waals surface area contributed by atoms with Crippen molar-refractivity contribution in [3.8, 4) is 11.5 Å². The highest BCUT2D eigenvalue weighted by atomic mass is 16.5. The van der Waals surface area contributed by atoms with E-state index in [9.17, 15) is 4.79 Å². The molecule has 2 N–H and O–H groups in total. The molecule has 0 bridgehead atoms. The van der Waals surface area contributed by atoms with Crippen molar-refractivity contribution in [2.45, 2.75) is 0 Å². The molecule has 0 radical (unpaired) electrons. The second-order valence-corrected chi connectivity index (χ2v) is 4.62. The summed E-state index contributed by atoms with van der Waals surface area (Å²) in [5.74, 6) is 1.03. The lowest BCUT2D eigenvalue weighted by Gasteiger charge is -2.25. The Bertz CT molecular complexity index is 579. The fourth-order valence-corrected chi connectivity index (χ4v) is 1.92. The van der Waals surface area contributed by atoms with Crippen molar-refractivity contribution in [1.29, 1.82) is 0 Å². The number of nitrogens with one attached hydrogen (secondary N) is 2. The van der Waals surface area contributed by atoms with Gasteiger partial charge < -0.3 is 19.8 Å². The standard InChI is InChI=1S/C14H15N3O3/c18-14(16-7-10-8-19-9-10)17-11-3-1-5-15-13(11)12-4-2-6-20-12/h1-6,10H,7-9H2,(H2,16,17,18). The van der Waals surface area contributed by atoms with Gasteiger partial charge in [0.1, 0.15) is 5.69 Å². The molecule has 0 atom stereocenters. The molecule has 0 spiro atoms. The first kappa shape index (κ1) is 12.7. The highest BCUT2D eigenvalue weighted by Crippen LogP contribution is 2.25. The second-order valence-electron chi connectivity index (χ2n) is 4.62. The average Bonchev–Trinajstić information content (AvgIpc) is 2.91. The van der Waals surface area contributed by atoms with Gasteiger partial charge in [0.2, 0.25) is 0 Å². The number of amides is 2. The molecule has 2 aromatic heterocycles. The highest BCUT2D eigenvalue weighted by Gasteiger charge is 2.19. The summed E-state index contributed by atoms with van der Waals surface area (Å²) in [5, 5.41) is 5.61. The van der Waals surface area contributed by atoms with Crippen LogP contribution in [0.5, 0.6) is 0 Å². The normalized spacial score (nSPS) is 14.6. The summed E-state index contributed by atoms with van der Waals surface area (Å²) in [6, 6.07) is 6.89. The number of anilines is 1. The molecule has 3 heterocycles. The van der Waals surface area contributed by atoms with Crippen molar-refractivity contribution in [3.63, 3.8) is 0 Å². The molecule has 104 valence electrons. The van der Waals surface area contributed by atoms with E-state index in [0.717, 1.165) is 0 Å². The third-order valence-corrected chi connectivity index (χ3v) is 3.07. The van der Waals surface area contributed by atoms with E-state index in [1.54, 1.807) is 36.7 Å². The minimum absolute atomic E-state index is 0.252. The van der Waals surface area contributed by atoms with Gasteiger partial charge in [-0.3, -0.25) is 4.98 Å². The summed E-state index contributed by atoms with van der Waals surface area (Å²) in [5.41, 5.74) is 1.23. The third-order valence-electron chi connectivity index (χ3n) is 3.07. The SMILES string of the molecule is O=C(NCC1COC1)Nc1cccnc1-c1ccco1. The number of pyridine rings is 1. The van der Waals surface area contributed by atoms with E-state index in [2.05, 4.69) is 15.6 Å². The molecule has 2 aromatic rings. The maximum Gasteiger partial charge on any atom is 0.319 e. The van der Waals surface area contributed by atoms with E-state index >= 15 is 0 Å². The zero-order valence-corrected chi connectivity index (χ0v) is 10.8. The molecule has 6 nitrogen and oxygen atoms in total. The van der Waals surface area contributed by atoms with Crippen molar-refractivity contribution in [3.05, 3.63) is 36.7 Å². The summed E-state index contributed by atoms with van der Waals surface area (Å²) in [6.07, 6.45) is 3.23. The minimum atomic E-state index is -0.252. The first-order valence-electron chi connectivity index (χ1n) is 6.44. The van der Waals surface area contributed by atoms with Crippen LogP contribution in [-0.2, 0) is 4.74 Å². The van der Waals surface area contributed by atoms with Gasteiger partial charge in [-0.1, -0.05) is 0 Å². The van der Waals surface area contributed by atoms with Crippen LogP contribution in [0.1, 0.15) is 0 Å². The fraction of sp³-hybridized carbons (Fsp3) is 0.286. The highest BCUT2D eigenvalue weighted by molar-refractivity contribution is 5.92. The van der Waals surface area contributed by atoms with Gasteiger partial charge in [0.05, 0.1) is 25.2 Å². The number of carbonyl (C=O) groups excluding carboxylic acids is 1. The second kappa shape index (κ2) is 5.75. The monoisotopic (exact) mass is 273 g/mol. The number of ether oxygens (including phenoxy) is 1. The zero-order chi connectivity index (χ0) is 13.8. The van der Waals surface area contributed by atoms with Crippen molar-refractivity contribution >= 4 is 11.7 Å². The Morgan fingerprint density at radius 3 is 2.95 bits per heavy atom. The third kappa shape index (κ3) is 2.80. The van der Waals surface area contributed by atoms with Gasteiger partial charge in [-0.05, 0) is 24.3 Å². The van der Waals surface area contributed by atoms with Gasteiger partial charge in [0, 0.05) is 18.7 Å². The average molecular weight is 273 g/mol. The van der Waals surface area contributed by atoms with E-state index in [-0.39, 0.29) is 6.03 Å². The van der Waals surface area contributed by atoms with Crippen LogP contribution in [-0.4, -0.2) is 30.8 Å². The number of hydrogen-bond acceptors (Lipinski definition) is 4. The van der Waals surface area contributed by atoms with Gasteiger partial charge in [0.25, 0.3) is 0 Å². The Balaban J connectivity index is 1.66. The number of carbonyl (C=O) groups is 1. The number of nitrogens with zero attached hydrogens (tertiary/aromatic N) is 1. The lowest BCUT2D eigenvalue weighted by molar-refractivity contribution is -0.0292. The smallest absolute Gasteiger partial charge is 0.319 e. The van der Waals surface area contributed by atoms with E-state index in [0.29, 0.717) is 42.8 Å². The number of hydrogen-bond donors (Lipinski definition) is 2. The Labute approximate surface area is 116 Å². The molecule has 3 rings (SSSR count). The van der Waals surface area contributed by atoms with Crippen LogP contribution in [0.15, 0.2) is 41.1 Å². The Morgan fingerprint density at radius 2 is 2.25 bits per heavy atom. The van der Waals surface area contributed by atoms with Crippen molar-refractivity contribution in [1.82, 2.24) is 10.3 Å². The van der Waals surface area contributed by atoms with E-state index in [1.165, 1.54) is 0 Å². The van der Waals surface area contributed by atoms with Gasteiger partial charge in [0.15, 0.2) is 5.76 Å². The summed E-state index contributed by atoms with van der Waals surface area (Å²) in [7, 11) is 0. The van der Waals surface area contributed by atoms with E-state index in [4.69, 9.17) is 9.15 Å². The molecule has 0 saturated carbocycles. The van der Waals surface area contributed by atoms with Gasteiger partial charge in [-0.15, -0.1) is 0 Å². The molecule has 1 fully saturated rings. The van der Waals surface area contributed by atoms with E-state index < -0.39 is 0 Å². The Hall–Kier alpha value is -2.34. The molecular formula is C14H15N3O3. The molecule has 6 heteroatoms. The van der Waals surface area contributed by atoms with Crippen LogP contribution in [0.3, 0.4) is 0 Å². The topological polar surface area (TPSA) is 76.4 Å². The quantitative estimate of drug-likeness (QED) is 0.894. The van der Waals surface area contributed by atoms with Crippen LogP contribution < -0.4 is 10.6 Å². The number of rotatable bonds is 4. The van der Waals surface area contributed by atoms with E-state index in [1.807, 2.05) is 0 Å². The maximum absolute atomic E-state index is 11.9. The van der Waals surface area contributed by atoms with Crippen LogP contribution >= 0.6 is 0 Å². The van der Waals surface area contributed by atoms with Crippen molar-refractivity contribution < 1.29 is 13.9 Å². The van der Waals surface area contributed by atoms with Gasteiger partial charge >= 0.3 is 6.03 Å².